The van der Waals surface area contributed by atoms with Crippen LogP contribution in [0.25, 0.3) is 0 Å². The van der Waals surface area contributed by atoms with Crippen molar-refractivity contribution in [3.8, 4) is 0 Å². The third kappa shape index (κ3) is 2.70. The molecular formula is C11H15N3O2. The number of furan rings is 1. The van der Waals surface area contributed by atoms with E-state index in [1.165, 1.54) is 6.33 Å². The summed E-state index contributed by atoms with van der Waals surface area (Å²) in [5.74, 6) is 1.62. The Morgan fingerprint density at radius 1 is 1.50 bits per heavy atom. The molecule has 0 aliphatic carbocycles. The van der Waals surface area contributed by atoms with Crippen molar-refractivity contribution in [2.45, 2.75) is 25.8 Å². The molecule has 16 heavy (non-hydrogen) atoms. The summed E-state index contributed by atoms with van der Waals surface area (Å²) in [4.78, 5) is 3.96. The highest BCUT2D eigenvalue weighted by molar-refractivity contribution is 5.03. The molecule has 0 bridgehead atoms. The lowest BCUT2D eigenvalue weighted by Crippen LogP contribution is -2.22. The van der Waals surface area contributed by atoms with Crippen molar-refractivity contribution in [3.05, 3.63) is 36.4 Å². The van der Waals surface area contributed by atoms with Crippen molar-refractivity contribution in [2.75, 3.05) is 6.54 Å². The minimum absolute atomic E-state index is 0.248. The van der Waals surface area contributed by atoms with Crippen molar-refractivity contribution >= 4 is 0 Å². The summed E-state index contributed by atoms with van der Waals surface area (Å²) >= 11 is 0. The molecule has 1 atom stereocenters. The van der Waals surface area contributed by atoms with Gasteiger partial charge in [-0.1, -0.05) is 12.1 Å². The van der Waals surface area contributed by atoms with Crippen LogP contribution in [0, 0.1) is 0 Å². The second-order valence-corrected chi connectivity index (χ2v) is 3.52. The fourth-order valence-corrected chi connectivity index (χ4v) is 1.60. The molecule has 2 aromatic heterocycles. The summed E-state index contributed by atoms with van der Waals surface area (Å²) in [6, 6.07) is 4.13. The number of aromatic nitrogens is 2. The van der Waals surface area contributed by atoms with Crippen LogP contribution in [-0.2, 0) is 6.42 Å². The topological polar surface area (TPSA) is 64.1 Å². The SMILES string of the molecule is CCC(NCCc1ncno1)c1ccco1. The Kier molecular flexibility index (Phi) is 3.71. The highest BCUT2D eigenvalue weighted by Gasteiger charge is 2.11. The van der Waals surface area contributed by atoms with E-state index >= 15 is 0 Å². The molecule has 0 radical (unpaired) electrons. The largest absolute Gasteiger partial charge is 0.468 e. The van der Waals surface area contributed by atoms with Crippen LogP contribution in [-0.4, -0.2) is 16.7 Å². The summed E-state index contributed by atoms with van der Waals surface area (Å²) < 4.78 is 10.3. The summed E-state index contributed by atoms with van der Waals surface area (Å²) in [5, 5.41) is 6.95. The molecule has 0 spiro atoms. The van der Waals surface area contributed by atoms with Gasteiger partial charge in [-0.25, -0.2) is 0 Å². The van der Waals surface area contributed by atoms with Crippen LogP contribution >= 0.6 is 0 Å². The maximum atomic E-state index is 5.36. The fourth-order valence-electron chi connectivity index (χ4n) is 1.60. The second-order valence-electron chi connectivity index (χ2n) is 3.52. The van der Waals surface area contributed by atoms with Crippen LogP contribution in [0.3, 0.4) is 0 Å². The zero-order valence-electron chi connectivity index (χ0n) is 9.22. The van der Waals surface area contributed by atoms with Crippen molar-refractivity contribution in [1.29, 1.82) is 0 Å². The molecule has 1 N–H and O–H groups in total. The first-order valence-electron chi connectivity index (χ1n) is 5.42. The molecule has 0 aliphatic heterocycles. The number of nitrogens with zero attached hydrogens (tertiary/aromatic N) is 2. The molecule has 0 fully saturated rings. The summed E-state index contributed by atoms with van der Waals surface area (Å²) in [7, 11) is 0. The Balaban J connectivity index is 1.80. The number of rotatable bonds is 6. The quantitative estimate of drug-likeness (QED) is 0.807. The normalized spacial score (nSPS) is 12.8. The molecule has 0 aliphatic rings. The average molecular weight is 221 g/mol. The smallest absolute Gasteiger partial charge is 0.227 e. The fraction of sp³-hybridized carbons (Fsp3) is 0.455. The lowest BCUT2D eigenvalue weighted by Gasteiger charge is -2.13. The Hall–Kier alpha value is -1.62. The Morgan fingerprint density at radius 2 is 2.44 bits per heavy atom. The van der Waals surface area contributed by atoms with E-state index in [0.717, 1.165) is 25.1 Å². The first kappa shape index (κ1) is 10.9. The molecule has 2 aromatic rings. The average Bonchev–Trinajstić information content (AvgIpc) is 2.96. The van der Waals surface area contributed by atoms with Crippen molar-refractivity contribution in [1.82, 2.24) is 15.5 Å². The van der Waals surface area contributed by atoms with Gasteiger partial charge in [0.1, 0.15) is 5.76 Å². The number of hydrogen-bond acceptors (Lipinski definition) is 5. The standard InChI is InChI=1S/C11H15N3O2/c1-2-9(10-4-3-7-15-10)12-6-5-11-13-8-14-16-11/h3-4,7-9,12H,2,5-6H2,1H3. The molecule has 0 saturated carbocycles. The molecular weight excluding hydrogens is 206 g/mol. The molecule has 0 amide bonds. The van der Waals surface area contributed by atoms with Crippen LogP contribution in [0.2, 0.25) is 0 Å². The third-order valence-electron chi connectivity index (χ3n) is 2.43. The first-order valence-corrected chi connectivity index (χ1v) is 5.42. The lowest BCUT2D eigenvalue weighted by atomic mass is 10.1. The third-order valence-corrected chi connectivity index (χ3v) is 2.43. The van der Waals surface area contributed by atoms with E-state index in [0.29, 0.717) is 5.89 Å². The number of hydrogen-bond donors (Lipinski definition) is 1. The van der Waals surface area contributed by atoms with E-state index in [1.54, 1.807) is 6.26 Å². The van der Waals surface area contributed by atoms with Gasteiger partial charge in [-0.2, -0.15) is 4.98 Å². The molecule has 1 unspecified atom stereocenters. The predicted molar refractivity (Wildman–Crippen MR) is 57.7 cm³/mol. The van der Waals surface area contributed by atoms with Gasteiger partial charge < -0.3 is 14.3 Å². The van der Waals surface area contributed by atoms with Crippen molar-refractivity contribution in [2.24, 2.45) is 0 Å². The Morgan fingerprint density at radius 3 is 3.06 bits per heavy atom. The van der Waals surface area contributed by atoms with Gasteiger partial charge in [0.05, 0.1) is 12.3 Å². The second kappa shape index (κ2) is 5.46. The van der Waals surface area contributed by atoms with E-state index in [1.807, 2.05) is 12.1 Å². The summed E-state index contributed by atoms with van der Waals surface area (Å²) in [6.45, 7) is 2.91. The van der Waals surface area contributed by atoms with E-state index in [-0.39, 0.29) is 6.04 Å². The zero-order valence-corrected chi connectivity index (χ0v) is 9.22. The van der Waals surface area contributed by atoms with E-state index in [4.69, 9.17) is 8.94 Å². The molecule has 5 heteroatoms. The maximum absolute atomic E-state index is 5.36. The van der Waals surface area contributed by atoms with Gasteiger partial charge in [0.25, 0.3) is 0 Å². The van der Waals surface area contributed by atoms with Gasteiger partial charge in [0.2, 0.25) is 5.89 Å². The Labute approximate surface area is 93.8 Å². The van der Waals surface area contributed by atoms with Crippen LogP contribution in [0.5, 0.6) is 0 Å². The summed E-state index contributed by atoms with van der Waals surface area (Å²) in [5.41, 5.74) is 0. The molecule has 2 rings (SSSR count). The van der Waals surface area contributed by atoms with Gasteiger partial charge in [0.15, 0.2) is 6.33 Å². The molecule has 86 valence electrons. The van der Waals surface area contributed by atoms with E-state index in [9.17, 15) is 0 Å². The summed E-state index contributed by atoms with van der Waals surface area (Å²) in [6.07, 6.45) is 4.82. The minimum Gasteiger partial charge on any atom is -0.468 e. The van der Waals surface area contributed by atoms with Gasteiger partial charge >= 0.3 is 0 Å². The van der Waals surface area contributed by atoms with Gasteiger partial charge in [-0.15, -0.1) is 0 Å². The van der Waals surface area contributed by atoms with E-state index < -0.39 is 0 Å². The number of nitrogens with one attached hydrogen (secondary N) is 1. The van der Waals surface area contributed by atoms with Gasteiger partial charge in [-0.05, 0) is 18.6 Å². The van der Waals surface area contributed by atoms with Crippen LogP contribution in [0.1, 0.15) is 31.0 Å². The zero-order chi connectivity index (χ0) is 11.2. The predicted octanol–water partition coefficient (Wildman–Crippen LogP) is 1.95. The van der Waals surface area contributed by atoms with Crippen molar-refractivity contribution in [3.63, 3.8) is 0 Å². The van der Waals surface area contributed by atoms with E-state index in [2.05, 4.69) is 22.4 Å². The minimum atomic E-state index is 0.248. The molecule has 0 saturated heterocycles. The highest BCUT2D eigenvalue weighted by Crippen LogP contribution is 2.16. The van der Waals surface area contributed by atoms with Crippen molar-refractivity contribution < 1.29 is 8.94 Å². The van der Waals surface area contributed by atoms with Crippen LogP contribution < -0.4 is 5.32 Å². The first-order chi connectivity index (χ1) is 7.90. The van der Waals surface area contributed by atoms with Gasteiger partial charge in [0, 0.05) is 13.0 Å². The highest BCUT2D eigenvalue weighted by atomic mass is 16.5. The molecule has 2 heterocycles. The monoisotopic (exact) mass is 221 g/mol. The lowest BCUT2D eigenvalue weighted by molar-refractivity contribution is 0.362. The van der Waals surface area contributed by atoms with Gasteiger partial charge in [-0.3, -0.25) is 0 Å². The van der Waals surface area contributed by atoms with Crippen LogP contribution in [0.4, 0.5) is 0 Å². The molecule has 5 nitrogen and oxygen atoms in total. The Bertz CT molecular complexity index is 383. The van der Waals surface area contributed by atoms with Crippen LogP contribution in [0.15, 0.2) is 33.7 Å². The maximum Gasteiger partial charge on any atom is 0.227 e. The molecule has 0 aromatic carbocycles.